The zero-order chi connectivity index (χ0) is 15.5. The number of hydrogen-bond donors (Lipinski definition) is 0. The van der Waals surface area contributed by atoms with Crippen LogP contribution in [0.3, 0.4) is 0 Å². The quantitative estimate of drug-likeness (QED) is 0.592. The zero-order valence-corrected chi connectivity index (χ0v) is 13.1. The molecule has 0 amide bonds. The van der Waals surface area contributed by atoms with Crippen molar-refractivity contribution >= 4 is 5.97 Å². The van der Waals surface area contributed by atoms with Crippen LogP contribution in [-0.4, -0.2) is 18.4 Å². The Morgan fingerprint density at radius 2 is 2.19 bits per heavy atom. The van der Waals surface area contributed by atoms with E-state index in [0.717, 1.165) is 28.9 Å². The summed E-state index contributed by atoms with van der Waals surface area (Å²) in [5.41, 5.74) is 3.08. The summed E-state index contributed by atoms with van der Waals surface area (Å²) >= 11 is 0. The van der Waals surface area contributed by atoms with Crippen molar-refractivity contribution in [1.29, 1.82) is 0 Å². The number of aryl methyl sites for hydroxylation is 1. The third kappa shape index (κ3) is 3.64. The molecule has 2 rings (SSSR count). The van der Waals surface area contributed by atoms with Gasteiger partial charge in [-0.25, -0.2) is 4.79 Å². The van der Waals surface area contributed by atoms with Crippen LogP contribution in [0.2, 0.25) is 0 Å². The minimum absolute atomic E-state index is 0.339. The second-order valence-electron chi connectivity index (χ2n) is 5.46. The van der Waals surface area contributed by atoms with E-state index in [9.17, 15) is 4.79 Å². The second kappa shape index (κ2) is 6.31. The molecule has 1 unspecified atom stereocenters. The highest BCUT2D eigenvalue weighted by Crippen LogP contribution is 2.33. The molecule has 1 aliphatic heterocycles. The monoisotopic (exact) mass is 290 g/mol. The molecule has 2 heterocycles. The minimum atomic E-state index is -0.938. The molecule has 0 bridgehead atoms. The van der Waals surface area contributed by atoms with Crippen LogP contribution in [0.15, 0.2) is 40.0 Å². The summed E-state index contributed by atoms with van der Waals surface area (Å²) in [5.74, 6) is -0.345. The topological polar surface area (TPSA) is 48.7 Å². The van der Waals surface area contributed by atoms with E-state index in [1.165, 1.54) is 6.08 Å². The van der Waals surface area contributed by atoms with Crippen molar-refractivity contribution in [2.45, 2.75) is 46.3 Å². The first-order valence-corrected chi connectivity index (χ1v) is 7.20. The molecule has 0 fully saturated rings. The van der Waals surface area contributed by atoms with Gasteiger partial charge >= 0.3 is 5.97 Å². The smallest absolute Gasteiger partial charge is 0.333 e. The van der Waals surface area contributed by atoms with E-state index < -0.39 is 5.79 Å². The van der Waals surface area contributed by atoms with Gasteiger partial charge in [0.1, 0.15) is 5.76 Å². The van der Waals surface area contributed by atoms with Crippen molar-refractivity contribution in [3.8, 4) is 0 Å². The van der Waals surface area contributed by atoms with Crippen LogP contribution in [0, 0.1) is 6.92 Å². The number of furan rings is 1. The number of cyclic esters (lactones) is 1. The lowest BCUT2D eigenvalue weighted by molar-refractivity contribution is -0.198. The van der Waals surface area contributed by atoms with E-state index in [4.69, 9.17) is 13.9 Å². The Labute approximate surface area is 125 Å². The van der Waals surface area contributed by atoms with Crippen molar-refractivity contribution in [3.05, 3.63) is 47.0 Å². The molecule has 0 saturated heterocycles. The maximum absolute atomic E-state index is 11.5. The number of allylic oxidation sites excluding steroid dienone is 1. The van der Waals surface area contributed by atoms with Gasteiger partial charge in [-0.1, -0.05) is 11.6 Å². The maximum atomic E-state index is 11.5. The Morgan fingerprint density at radius 3 is 2.71 bits per heavy atom. The Kier molecular flexibility index (Phi) is 4.68. The maximum Gasteiger partial charge on any atom is 0.333 e. The lowest BCUT2D eigenvalue weighted by atomic mass is 10.0. The summed E-state index contributed by atoms with van der Waals surface area (Å²) in [7, 11) is 0. The molecule has 4 nitrogen and oxygen atoms in total. The molecule has 21 heavy (non-hydrogen) atoms. The van der Waals surface area contributed by atoms with E-state index in [1.807, 2.05) is 39.8 Å². The minimum Gasteiger partial charge on any atom is -0.469 e. The Bertz CT molecular complexity index is 579. The lowest BCUT2D eigenvalue weighted by Gasteiger charge is -2.28. The number of hydrogen-bond acceptors (Lipinski definition) is 4. The van der Waals surface area contributed by atoms with Crippen LogP contribution in [-0.2, 0) is 20.7 Å². The second-order valence-corrected chi connectivity index (χ2v) is 5.46. The third-order valence-corrected chi connectivity index (χ3v) is 3.54. The van der Waals surface area contributed by atoms with Crippen molar-refractivity contribution in [3.63, 3.8) is 0 Å². The molecular formula is C17H22O4. The Balaban J connectivity index is 2.06. The molecule has 4 heteroatoms. The SMILES string of the molecule is CCOC1(C/C=C(\C)Cc2cc(C)co2)OC(=O)C=C1C. The molecule has 0 aliphatic carbocycles. The molecule has 1 aromatic rings. The predicted molar refractivity (Wildman–Crippen MR) is 79.7 cm³/mol. The number of rotatable bonds is 6. The Hall–Kier alpha value is -1.81. The standard InChI is InChI=1S/C17H22O4/c1-5-20-17(14(4)10-16(18)21-17)7-6-12(2)8-15-9-13(3)11-19-15/h6,9-11H,5,7-8H2,1-4H3/b12-6+. The highest BCUT2D eigenvalue weighted by molar-refractivity contribution is 5.86. The first kappa shape index (κ1) is 15.6. The fraction of sp³-hybridized carbons (Fsp3) is 0.471. The molecular weight excluding hydrogens is 268 g/mol. The van der Waals surface area contributed by atoms with E-state index in [-0.39, 0.29) is 5.97 Å². The highest BCUT2D eigenvalue weighted by atomic mass is 16.7. The molecule has 1 aromatic heterocycles. The normalized spacial score (nSPS) is 22.4. The first-order valence-electron chi connectivity index (χ1n) is 7.20. The van der Waals surface area contributed by atoms with Crippen LogP contribution in [0.5, 0.6) is 0 Å². The summed E-state index contributed by atoms with van der Waals surface area (Å²) < 4.78 is 16.5. The summed E-state index contributed by atoms with van der Waals surface area (Å²) in [6.07, 6.45) is 6.54. The third-order valence-electron chi connectivity index (χ3n) is 3.54. The average molecular weight is 290 g/mol. The Morgan fingerprint density at radius 1 is 1.43 bits per heavy atom. The van der Waals surface area contributed by atoms with Gasteiger partial charge in [0, 0.05) is 31.1 Å². The van der Waals surface area contributed by atoms with Crippen molar-refractivity contribution in [2.24, 2.45) is 0 Å². The molecule has 0 radical (unpaired) electrons. The lowest BCUT2D eigenvalue weighted by Crippen LogP contribution is -2.34. The molecule has 0 N–H and O–H groups in total. The van der Waals surface area contributed by atoms with Crippen LogP contribution < -0.4 is 0 Å². The molecule has 114 valence electrons. The van der Waals surface area contributed by atoms with Gasteiger partial charge < -0.3 is 13.9 Å². The van der Waals surface area contributed by atoms with Gasteiger partial charge in [-0.05, 0) is 39.3 Å². The molecule has 1 aliphatic rings. The van der Waals surface area contributed by atoms with E-state index in [0.29, 0.717) is 13.0 Å². The fourth-order valence-electron chi connectivity index (χ4n) is 2.44. The van der Waals surface area contributed by atoms with Crippen LogP contribution in [0.4, 0.5) is 0 Å². The van der Waals surface area contributed by atoms with Crippen molar-refractivity contribution < 1.29 is 18.7 Å². The van der Waals surface area contributed by atoms with Crippen LogP contribution in [0.25, 0.3) is 0 Å². The van der Waals surface area contributed by atoms with Gasteiger partial charge in [-0.2, -0.15) is 0 Å². The van der Waals surface area contributed by atoms with Gasteiger partial charge in [-0.15, -0.1) is 0 Å². The summed E-state index contributed by atoms with van der Waals surface area (Å²) in [6.45, 7) is 8.28. The number of esters is 1. The van der Waals surface area contributed by atoms with Crippen LogP contribution in [0.1, 0.15) is 38.5 Å². The van der Waals surface area contributed by atoms with E-state index in [2.05, 4.69) is 0 Å². The summed E-state index contributed by atoms with van der Waals surface area (Å²) in [4.78, 5) is 11.5. The van der Waals surface area contributed by atoms with Gasteiger partial charge in [-0.3, -0.25) is 0 Å². The van der Waals surface area contributed by atoms with Crippen molar-refractivity contribution in [1.82, 2.24) is 0 Å². The number of carbonyl (C=O) groups is 1. The summed E-state index contributed by atoms with van der Waals surface area (Å²) in [5, 5.41) is 0. The van der Waals surface area contributed by atoms with Crippen LogP contribution >= 0.6 is 0 Å². The van der Waals surface area contributed by atoms with E-state index >= 15 is 0 Å². The molecule has 0 spiro atoms. The molecule has 0 saturated carbocycles. The summed E-state index contributed by atoms with van der Waals surface area (Å²) in [6, 6.07) is 2.02. The predicted octanol–water partition coefficient (Wildman–Crippen LogP) is 3.70. The highest BCUT2D eigenvalue weighted by Gasteiger charge is 2.40. The first-order chi connectivity index (χ1) is 9.95. The van der Waals surface area contributed by atoms with Gasteiger partial charge in [0.2, 0.25) is 5.79 Å². The molecule has 1 atom stereocenters. The largest absolute Gasteiger partial charge is 0.469 e. The number of ether oxygens (including phenoxy) is 2. The number of carbonyl (C=O) groups excluding carboxylic acids is 1. The fourth-order valence-corrected chi connectivity index (χ4v) is 2.44. The van der Waals surface area contributed by atoms with Gasteiger partial charge in [0.25, 0.3) is 0 Å². The van der Waals surface area contributed by atoms with Gasteiger partial charge in [0.05, 0.1) is 6.26 Å². The molecule has 0 aromatic carbocycles. The zero-order valence-electron chi connectivity index (χ0n) is 13.1. The van der Waals surface area contributed by atoms with E-state index in [1.54, 1.807) is 6.26 Å². The van der Waals surface area contributed by atoms with Crippen molar-refractivity contribution in [2.75, 3.05) is 6.61 Å². The van der Waals surface area contributed by atoms with Gasteiger partial charge in [0.15, 0.2) is 0 Å². The average Bonchev–Trinajstić information content (AvgIpc) is 2.92.